The second kappa shape index (κ2) is 7.02. The van der Waals surface area contributed by atoms with Gasteiger partial charge in [0.05, 0.1) is 23.0 Å². The van der Waals surface area contributed by atoms with Gasteiger partial charge in [-0.1, -0.05) is 42.5 Å². The zero-order chi connectivity index (χ0) is 20.8. The third kappa shape index (κ3) is 2.95. The van der Waals surface area contributed by atoms with E-state index in [4.69, 9.17) is 5.26 Å². The SMILES string of the molecule is N#Cc1ccnc(-c2ccc(-c3ccc4sc5ccc6ccccc6c5c4c3)cn2)c1. The number of pyridine rings is 2. The van der Waals surface area contributed by atoms with Gasteiger partial charge in [0.15, 0.2) is 0 Å². The molecular weight excluding hydrogens is 398 g/mol. The molecule has 0 radical (unpaired) electrons. The van der Waals surface area contributed by atoms with E-state index in [0.717, 1.165) is 16.8 Å². The molecule has 0 atom stereocenters. The Balaban J connectivity index is 1.48. The Morgan fingerprint density at radius 2 is 1.58 bits per heavy atom. The lowest BCUT2D eigenvalue weighted by atomic mass is 10.0. The first-order chi connectivity index (χ1) is 15.3. The van der Waals surface area contributed by atoms with E-state index in [1.165, 1.54) is 30.9 Å². The number of hydrogen-bond donors (Lipinski definition) is 0. The van der Waals surface area contributed by atoms with Crippen LogP contribution in [0.2, 0.25) is 0 Å². The molecule has 0 saturated heterocycles. The predicted octanol–water partition coefficient (Wildman–Crippen LogP) is 7.20. The van der Waals surface area contributed by atoms with Crippen molar-refractivity contribution in [3.05, 3.63) is 96.8 Å². The number of rotatable bonds is 2. The highest BCUT2D eigenvalue weighted by Gasteiger charge is 2.11. The minimum Gasteiger partial charge on any atom is -0.255 e. The van der Waals surface area contributed by atoms with Crippen molar-refractivity contribution in [2.45, 2.75) is 0 Å². The average molecular weight is 414 g/mol. The van der Waals surface area contributed by atoms with E-state index in [0.29, 0.717) is 11.3 Å². The maximum absolute atomic E-state index is 9.11. The molecule has 6 rings (SSSR count). The Labute approximate surface area is 182 Å². The van der Waals surface area contributed by atoms with Crippen molar-refractivity contribution in [1.82, 2.24) is 9.97 Å². The first-order valence-corrected chi connectivity index (χ1v) is 10.8. The summed E-state index contributed by atoms with van der Waals surface area (Å²) in [4.78, 5) is 8.96. The molecule has 3 aromatic carbocycles. The number of benzene rings is 3. The van der Waals surface area contributed by atoms with Gasteiger partial charge >= 0.3 is 0 Å². The number of fused-ring (bicyclic) bond motifs is 5. The molecule has 0 aliphatic heterocycles. The van der Waals surface area contributed by atoms with E-state index in [9.17, 15) is 0 Å². The quantitative estimate of drug-likeness (QED) is 0.301. The molecule has 0 spiro atoms. The van der Waals surface area contributed by atoms with Gasteiger partial charge in [0, 0.05) is 38.1 Å². The molecule has 6 aromatic rings. The van der Waals surface area contributed by atoms with Crippen molar-refractivity contribution in [2.75, 3.05) is 0 Å². The standard InChI is InChI=1S/C27H15N3S/c28-15-17-11-12-29-24(13-17)23-8-5-20(16-30-23)19-7-9-25-22(14-19)27-21-4-2-1-3-18(21)6-10-26(27)31-25/h1-14,16H. The van der Waals surface area contributed by atoms with Crippen molar-refractivity contribution >= 4 is 42.3 Å². The van der Waals surface area contributed by atoms with Crippen LogP contribution in [0.5, 0.6) is 0 Å². The average Bonchev–Trinajstić information content (AvgIpc) is 3.22. The number of thiophene rings is 1. The summed E-state index contributed by atoms with van der Waals surface area (Å²) in [6.07, 6.45) is 3.52. The zero-order valence-corrected chi connectivity index (χ0v) is 17.2. The van der Waals surface area contributed by atoms with Crippen LogP contribution in [0.4, 0.5) is 0 Å². The van der Waals surface area contributed by atoms with Gasteiger partial charge in [-0.05, 0) is 52.7 Å². The monoisotopic (exact) mass is 413 g/mol. The Morgan fingerprint density at radius 3 is 2.45 bits per heavy atom. The first-order valence-electron chi connectivity index (χ1n) is 9.97. The Morgan fingerprint density at radius 1 is 0.710 bits per heavy atom. The van der Waals surface area contributed by atoms with Crippen LogP contribution >= 0.6 is 11.3 Å². The zero-order valence-electron chi connectivity index (χ0n) is 16.4. The van der Waals surface area contributed by atoms with Crippen LogP contribution in [0, 0.1) is 11.3 Å². The first kappa shape index (κ1) is 17.8. The van der Waals surface area contributed by atoms with Crippen molar-refractivity contribution in [3.8, 4) is 28.6 Å². The highest BCUT2D eigenvalue weighted by atomic mass is 32.1. The van der Waals surface area contributed by atoms with Crippen molar-refractivity contribution in [1.29, 1.82) is 5.26 Å². The van der Waals surface area contributed by atoms with Crippen molar-refractivity contribution < 1.29 is 0 Å². The summed E-state index contributed by atoms with van der Waals surface area (Å²) in [5.74, 6) is 0. The maximum atomic E-state index is 9.11. The van der Waals surface area contributed by atoms with E-state index in [1.807, 2.05) is 23.6 Å². The molecule has 0 fully saturated rings. The van der Waals surface area contributed by atoms with Crippen LogP contribution in [-0.2, 0) is 0 Å². The third-order valence-electron chi connectivity index (χ3n) is 5.61. The molecule has 0 saturated carbocycles. The smallest absolute Gasteiger partial charge is 0.0992 e. The molecule has 3 nitrogen and oxygen atoms in total. The number of nitrogens with zero attached hydrogens (tertiary/aromatic N) is 3. The summed E-state index contributed by atoms with van der Waals surface area (Å²) in [5, 5.41) is 14.3. The highest BCUT2D eigenvalue weighted by Crippen LogP contribution is 2.40. The molecule has 4 heteroatoms. The molecule has 31 heavy (non-hydrogen) atoms. The van der Waals surface area contributed by atoms with Gasteiger partial charge < -0.3 is 0 Å². The molecule has 0 aliphatic carbocycles. The molecular formula is C27H15N3S. The lowest BCUT2D eigenvalue weighted by Crippen LogP contribution is -1.89. The maximum Gasteiger partial charge on any atom is 0.0992 e. The summed E-state index contributed by atoms with van der Waals surface area (Å²) in [7, 11) is 0. The van der Waals surface area contributed by atoms with Crippen molar-refractivity contribution in [3.63, 3.8) is 0 Å². The number of aromatic nitrogens is 2. The summed E-state index contributed by atoms with van der Waals surface area (Å²) in [6, 6.07) is 29.3. The van der Waals surface area contributed by atoms with Gasteiger partial charge in [0.25, 0.3) is 0 Å². The van der Waals surface area contributed by atoms with E-state index in [1.54, 1.807) is 18.3 Å². The van der Waals surface area contributed by atoms with E-state index >= 15 is 0 Å². The summed E-state index contributed by atoms with van der Waals surface area (Å²) < 4.78 is 2.60. The van der Waals surface area contributed by atoms with Crippen LogP contribution in [0.3, 0.4) is 0 Å². The van der Waals surface area contributed by atoms with Gasteiger partial charge in [-0.15, -0.1) is 11.3 Å². The molecule has 144 valence electrons. The Hall–Kier alpha value is -4.07. The fraction of sp³-hybridized carbons (Fsp3) is 0. The molecule has 0 bridgehead atoms. The third-order valence-corrected chi connectivity index (χ3v) is 6.74. The Bertz CT molecular complexity index is 1640. The van der Waals surface area contributed by atoms with E-state index < -0.39 is 0 Å². The lowest BCUT2D eigenvalue weighted by molar-refractivity contribution is 1.24. The second-order valence-electron chi connectivity index (χ2n) is 7.45. The Kier molecular flexibility index (Phi) is 4.02. The highest BCUT2D eigenvalue weighted by molar-refractivity contribution is 7.26. The fourth-order valence-corrected chi connectivity index (χ4v) is 5.19. The van der Waals surface area contributed by atoms with Crippen LogP contribution in [0.1, 0.15) is 5.56 Å². The fourth-order valence-electron chi connectivity index (χ4n) is 4.08. The minimum atomic E-state index is 0.581. The van der Waals surface area contributed by atoms with Gasteiger partial charge in [-0.25, -0.2) is 0 Å². The van der Waals surface area contributed by atoms with Crippen LogP contribution in [0.25, 0.3) is 53.5 Å². The van der Waals surface area contributed by atoms with Crippen LogP contribution in [-0.4, -0.2) is 9.97 Å². The van der Waals surface area contributed by atoms with E-state index in [-0.39, 0.29) is 0 Å². The van der Waals surface area contributed by atoms with Gasteiger partial charge in [-0.3, -0.25) is 9.97 Å². The van der Waals surface area contributed by atoms with Gasteiger partial charge in [0.2, 0.25) is 0 Å². The lowest BCUT2D eigenvalue weighted by Gasteiger charge is -2.05. The molecule has 3 heterocycles. The second-order valence-corrected chi connectivity index (χ2v) is 8.53. The largest absolute Gasteiger partial charge is 0.255 e. The summed E-state index contributed by atoms with van der Waals surface area (Å²) >= 11 is 1.83. The molecule has 0 unspecified atom stereocenters. The van der Waals surface area contributed by atoms with Crippen LogP contribution < -0.4 is 0 Å². The number of nitriles is 1. The van der Waals surface area contributed by atoms with Gasteiger partial charge in [-0.2, -0.15) is 5.26 Å². The van der Waals surface area contributed by atoms with Gasteiger partial charge in [0.1, 0.15) is 0 Å². The molecule has 3 aromatic heterocycles. The summed E-state index contributed by atoms with van der Waals surface area (Å²) in [5.41, 5.74) is 4.24. The van der Waals surface area contributed by atoms with E-state index in [2.05, 4.69) is 76.7 Å². The molecule has 0 N–H and O–H groups in total. The minimum absolute atomic E-state index is 0.581. The normalized spacial score (nSPS) is 11.2. The van der Waals surface area contributed by atoms with Crippen LogP contribution in [0.15, 0.2) is 91.3 Å². The number of hydrogen-bond acceptors (Lipinski definition) is 4. The topological polar surface area (TPSA) is 49.6 Å². The summed E-state index contributed by atoms with van der Waals surface area (Å²) in [6.45, 7) is 0. The molecule has 0 amide bonds. The van der Waals surface area contributed by atoms with Crippen molar-refractivity contribution in [2.24, 2.45) is 0 Å². The predicted molar refractivity (Wildman–Crippen MR) is 128 cm³/mol. The molecule has 0 aliphatic rings.